The number of fused-ring (bicyclic) bond motifs is 5. The maximum Gasteiger partial charge on any atom is 0.133 e. The fourth-order valence-electron chi connectivity index (χ4n) is 7.13. The molecule has 0 saturated heterocycles. The summed E-state index contributed by atoms with van der Waals surface area (Å²) in [6, 6.07) is 0. The first-order chi connectivity index (χ1) is 9.53. The van der Waals surface area contributed by atoms with Gasteiger partial charge < -0.3 is 0 Å². The summed E-state index contributed by atoms with van der Waals surface area (Å²) >= 11 is 0. The molecule has 0 aromatic carbocycles. The van der Waals surface area contributed by atoms with Crippen LogP contribution >= 0.6 is 0 Å². The van der Waals surface area contributed by atoms with E-state index in [1.807, 2.05) is 0 Å². The molecule has 1 heteroatoms. The number of hydrogen-bond donors (Lipinski definition) is 0. The molecule has 0 bridgehead atoms. The van der Waals surface area contributed by atoms with Gasteiger partial charge in [-0.2, -0.15) is 0 Å². The van der Waals surface area contributed by atoms with Crippen molar-refractivity contribution >= 4 is 5.78 Å². The van der Waals surface area contributed by atoms with E-state index in [4.69, 9.17) is 0 Å². The van der Waals surface area contributed by atoms with Crippen molar-refractivity contribution in [2.24, 2.45) is 34.5 Å². The predicted molar refractivity (Wildman–Crippen MR) is 81.4 cm³/mol. The van der Waals surface area contributed by atoms with Crippen LogP contribution in [0.15, 0.2) is 0 Å². The van der Waals surface area contributed by atoms with Crippen molar-refractivity contribution in [2.45, 2.75) is 78.1 Å². The van der Waals surface area contributed by atoms with Crippen LogP contribution in [0.25, 0.3) is 0 Å². The van der Waals surface area contributed by atoms with E-state index < -0.39 is 0 Å². The van der Waals surface area contributed by atoms with Crippen LogP contribution in [0.2, 0.25) is 0 Å². The normalized spacial score (nSPS) is 55.0. The predicted octanol–water partition coefficient (Wildman–Crippen LogP) is 4.99. The summed E-state index contributed by atoms with van der Waals surface area (Å²) in [5.74, 6) is 4.21. The molecule has 0 aromatic rings. The molecule has 0 radical (unpaired) electrons. The van der Waals surface area contributed by atoms with Crippen LogP contribution in [-0.2, 0) is 4.79 Å². The topological polar surface area (TPSA) is 17.1 Å². The first-order valence-corrected chi connectivity index (χ1v) is 9.05. The Kier molecular flexibility index (Phi) is 2.89. The van der Waals surface area contributed by atoms with Crippen LogP contribution in [0, 0.1) is 34.5 Å². The van der Waals surface area contributed by atoms with Gasteiger partial charge in [-0.25, -0.2) is 0 Å². The van der Waals surface area contributed by atoms with Gasteiger partial charge in [0.15, 0.2) is 0 Å². The molecule has 20 heavy (non-hydrogen) atoms. The highest BCUT2D eigenvalue weighted by atomic mass is 16.1. The van der Waals surface area contributed by atoms with Gasteiger partial charge in [0.25, 0.3) is 0 Å². The number of hydrogen-bond acceptors (Lipinski definition) is 1. The van der Waals surface area contributed by atoms with Crippen LogP contribution in [0.3, 0.4) is 0 Å². The average Bonchev–Trinajstić information content (AvgIpc) is 2.79. The van der Waals surface area contributed by atoms with Crippen molar-refractivity contribution in [3.8, 4) is 0 Å². The van der Waals surface area contributed by atoms with E-state index in [9.17, 15) is 4.79 Å². The van der Waals surface area contributed by atoms with Crippen LogP contribution in [-0.4, -0.2) is 5.78 Å². The van der Waals surface area contributed by atoms with E-state index in [0.717, 1.165) is 36.5 Å². The summed E-state index contributed by atoms with van der Waals surface area (Å²) in [6.45, 7) is 5.06. The fourth-order valence-corrected chi connectivity index (χ4v) is 7.13. The number of rotatable bonds is 0. The zero-order valence-electron chi connectivity index (χ0n) is 13.3. The van der Waals surface area contributed by atoms with Gasteiger partial charge >= 0.3 is 0 Å². The maximum absolute atomic E-state index is 12.1. The lowest BCUT2D eigenvalue weighted by molar-refractivity contribution is -0.139. The highest BCUT2D eigenvalue weighted by Crippen LogP contribution is 2.65. The molecule has 0 unspecified atom stereocenters. The zero-order valence-corrected chi connectivity index (χ0v) is 13.3. The van der Waals surface area contributed by atoms with E-state index in [-0.39, 0.29) is 0 Å². The molecule has 0 aromatic heterocycles. The van der Waals surface area contributed by atoms with Crippen molar-refractivity contribution in [2.75, 3.05) is 0 Å². The Bertz CT molecular complexity index is 427. The molecule has 1 nitrogen and oxygen atoms in total. The van der Waals surface area contributed by atoms with Gasteiger partial charge in [0, 0.05) is 12.8 Å². The zero-order chi connectivity index (χ0) is 14.0. The molecule has 0 N–H and O–H groups in total. The van der Waals surface area contributed by atoms with Crippen molar-refractivity contribution in [1.82, 2.24) is 0 Å². The minimum absolute atomic E-state index is 0.363. The minimum Gasteiger partial charge on any atom is -0.300 e. The molecule has 0 heterocycles. The minimum atomic E-state index is 0.363. The Hall–Kier alpha value is -0.330. The first kappa shape index (κ1) is 13.3. The second-order valence-electron chi connectivity index (χ2n) is 9.00. The molecule has 4 aliphatic rings. The third-order valence-corrected chi connectivity index (χ3v) is 8.20. The number of carbonyl (C=O) groups is 1. The standard InChI is InChI=1S/C19H30O/c1-18-10-3-4-16(18)15-8-6-13-5-7-14(20)12-19(13,2)17(15)9-11-18/h13,15-17H,3-12H2,1-2H3/t13-,15+,16-,17-,18-,19-/m1/s1. The lowest BCUT2D eigenvalue weighted by Crippen LogP contribution is -2.53. The maximum atomic E-state index is 12.1. The molecule has 4 rings (SSSR count). The van der Waals surface area contributed by atoms with Gasteiger partial charge in [0.05, 0.1) is 0 Å². The largest absolute Gasteiger partial charge is 0.300 e. The average molecular weight is 274 g/mol. The molecule has 4 saturated carbocycles. The fraction of sp³-hybridized carbons (Fsp3) is 0.947. The Labute approximate surface area is 123 Å². The summed E-state index contributed by atoms with van der Waals surface area (Å²) < 4.78 is 0. The molecule has 6 atom stereocenters. The van der Waals surface area contributed by atoms with Crippen LogP contribution in [0.4, 0.5) is 0 Å². The molecule has 112 valence electrons. The van der Waals surface area contributed by atoms with Crippen LogP contribution < -0.4 is 0 Å². The highest BCUT2D eigenvalue weighted by molar-refractivity contribution is 5.80. The monoisotopic (exact) mass is 274 g/mol. The van der Waals surface area contributed by atoms with Gasteiger partial charge in [-0.3, -0.25) is 4.79 Å². The van der Waals surface area contributed by atoms with Gasteiger partial charge in [-0.15, -0.1) is 0 Å². The summed E-state index contributed by atoms with van der Waals surface area (Å²) in [5.41, 5.74) is 1.02. The molecule has 0 spiro atoms. The van der Waals surface area contributed by atoms with Crippen molar-refractivity contribution < 1.29 is 4.79 Å². The number of Topliss-reactive ketones (excluding diaryl/α,β-unsaturated/α-hetero) is 1. The number of ketones is 1. The molecular formula is C19H30O. The van der Waals surface area contributed by atoms with E-state index in [1.54, 1.807) is 0 Å². The molecule has 4 fully saturated rings. The summed E-state index contributed by atoms with van der Waals surface area (Å²) in [5, 5.41) is 0. The molecule has 0 aliphatic heterocycles. The first-order valence-electron chi connectivity index (χ1n) is 9.05. The second kappa shape index (κ2) is 4.34. The summed E-state index contributed by atoms with van der Waals surface area (Å²) in [6.07, 6.45) is 13.1. The second-order valence-corrected chi connectivity index (χ2v) is 9.00. The summed E-state index contributed by atoms with van der Waals surface area (Å²) in [4.78, 5) is 12.1. The van der Waals surface area contributed by atoms with Crippen LogP contribution in [0.1, 0.15) is 78.1 Å². The van der Waals surface area contributed by atoms with E-state index in [1.165, 1.54) is 51.4 Å². The highest BCUT2D eigenvalue weighted by Gasteiger charge is 2.57. The van der Waals surface area contributed by atoms with Crippen molar-refractivity contribution in [3.63, 3.8) is 0 Å². The molecule has 4 aliphatic carbocycles. The Morgan fingerprint density at radius 2 is 1.80 bits per heavy atom. The molecule has 0 amide bonds. The SMILES string of the molecule is C[C@]12CCC[C@@H]1[C@@H]1CC[C@H]3CCC(=O)C[C@@]3(C)[C@@H]1CC2. The Morgan fingerprint density at radius 1 is 0.950 bits per heavy atom. The van der Waals surface area contributed by atoms with Gasteiger partial charge in [-0.1, -0.05) is 20.3 Å². The number of carbonyl (C=O) groups excluding carboxylic acids is 1. The lowest BCUT2D eigenvalue weighted by Gasteiger charge is -2.59. The van der Waals surface area contributed by atoms with Crippen LogP contribution in [0.5, 0.6) is 0 Å². The van der Waals surface area contributed by atoms with Gasteiger partial charge in [-0.05, 0) is 79.4 Å². The molecular weight excluding hydrogens is 244 g/mol. The van der Waals surface area contributed by atoms with E-state index in [0.29, 0.717) is 16.6 Å². The van der Waals surface area contributed by atoms with Crippen molar-refractivity contribution in [1.29, 1.82) is 0 Å². The lowest BCUT2D eigenvalue weighted by atomic mass is 9.45. The van der Waals surface area contributed by atoms with E-state index >= 15 is 0 Å². The Morgan fingerprint density at radius 3 is 2.65 bits per heavy atom. The smallest absolute Gasteiger partial charge is 0.133 e. The quantitative estimate of drug-likeness (QED) is 0.608. The third-order valence-electron chi connectivity index (χ3n) is 8.20. The Balaban J connectivity index is 1.66. The van der Waals surface area contributed by atoms with Gasteiger partial charge in [0.2, 0.25) is 0 Å². The third kappa shape index (κ3) is 1.70. The summed E-state index contributed by atoms with van der Waals surface area (Å²) in [7, 11) is 0. The van der Waals surface area contributed by atoms with Gasteiger partial charge in [0.1, 0.15) is 5.78 Å². The van der Waals surface area contributed by atoms with Crippen molar-refractivity contribution in [3.05, 3.63) is 0 Å². The van der Waals surface area contributed by atoms with E-state index in [2.05, 4.69) is 13.8 Å².